The molecule has 0 radical (unpaired) electrons. The highest BCUT2D eigenvalue weighted by Gasteiger charge is 2.10. The van der Waals surface area contributed by atoms with E-state index in [9.17, 15) is 0 Å². The minimum atomic E-state index is 0.673. The van der Waals surface area contributed by atoms with Crippen LogP contribution in [0.15, 0.2) is 6.20 Å². The molecule has 2 rings (SSSR count). The molecule has 5 nitrogen and oxygen atoms in total. The van der Waals surface area contributed by atoms with Gasteiger partial charge in [0.05, 0.1) is 12.2 Å². The molecular weight excluding hydrogens is 258 g/mol. The molecular formula is C13H25N5S. The van der Waals surface area contributed by atoms with Gasteiger partial charge in [-0.2, -0.15) is 11.8 Å². The average Bonchev–Trinajstić information content (AvgIpc) is 2.85. The predicted octanol–water partition coefficient (Wildman–Crippen LogP) is 1.07. The summed E-state index contributed by atoms with van der Waals surface area (Å²) in [6.07, 6.45) is 2.06. The standard InChI is InChI=1S/C13H25N5S/c1-12(2)9-14-10-13-11-18(16-15-13)4-3-17-5-7-19-8-6-17/h11-12,14H,3-10H2,1-2H3. The molecule has 1 aromatic rings. The molecule has 2 heterocycles. The third-order valence-corrected chi connectivity index (χ3v) is 4.14. The van der Waals surface area contributed by atoms with Crippen molar-refractivity contribution >= 4 is 11.8 Å². The van der Waals surface area contributed by atoms with Crippen molar-refractivity contribution in [2.45, 2.75) is 26.9 Å². The summed E-state index contributed by atoms with van der Waals surface area (Å²) >= 11 is 2.05. The van der Waals surface area contributed by atoms with E-state index in [0.29, 0.717) is 5.92 Å². The van der Waals surface area contributed by atoms with E-state index in [2.05, 4.69) is 52.3 Å². The highest BCUT2D eigenvalue weighted by Crippen LogP contribution is 2.08. The molecule has 1 aliphatic heterocycles. The first-order chi connectivity index (χ1) is 9.24. The molecule has 0 aromatic carbocycles. The SMILES string of the molecule is CC(C)CNCc1cn(CCN2CCSCC2)nn1. The molecule has 0 saturated carbocycles. The second-order valence-electron chi connectivity index (χ2n) is 5.45. The summed E-state index contributed by atoms with van der Waals surface area (Å²) in [5.41, 5.74) is 1.04. The van der Waals surface area contributed by atoms with Crippen molar-refractivity contribution < 1.29 is 0 Å². The third-order valence-electron chi connectivity index (χ3n) is 3.19. The zero-order valence-electron chi connectivity index (χ0n) is 12.0. The zero-order chi connectivity index (χ0) is 13.5. The van der Waals surface area contributed by atoms with Gasteiger partial charge in [-0.3, -0.25) is 9.58 Å². The van der Waals surface area contributed by atoms with Gasteiger partial charge in [0.1, 0.15) is 0 Å². The number of nitrogens with one attached hydrogen (secondary N) is 1. The van der Waals surface area contributed by atoms with Crippen molar-refractivity contribution in [3.05, 3.63) is 11.9 Å². The van der Waals surface area contributed by atoms with Crippen LogP contribution in [0.1, 0.15) is 19.5 Å². The van der Waals surface area contributed by atoms with Gasteiger partial charge in [0.2, 0.25) is 0 Å². The molecule has 19 heavy (non-hydrogen) atoms. The molecule has 1 aromatic heterocycles. The Hall–Kier alpha value is -0.590. The van der Waals surface area contributed by atoms with Crippen LogP contribution < -0.4 is 5.32 Å². The Morgan fingerprint density at radius 3 is 2.84 bits per heavy atom. The van der Waals surface area contributed by atoms with E-state index in [4.69, 9.17) is 0 Å². The normalized spacial score (nSPS) is 17.2. The first-order valence-corrected chi connectivity index (χ1v) is 8.29. The third kappa shape index (κ3) is 5.50. The Kier molecular flexibility index (Phi) is 6.13. The van der Waals surface area contributed by atoms with E-state index in [-0.39, 0.29) is 0 Å². The number of hydrogen-bond acceptors (Lipinski definition) is 5. The molecule has 6 heteroatoms. The fourth-order valence-corrected chi connectivity index (χ4v) is 3.07. The Bertz CT molecular complexity index is 360. The highest BCUT2D eigenvalue weighted by atomic mass is 32.2. The fraction of sp³-hybridized carbons (Fsp3) is 0.846. The van der Waals surface area contributed by atoms with Crippen molar-refractivity contribution in [3.63, 3.8) is 0 Å². The van der Waals surface area contributed by atoms with Crippen LogP contribution in [0.4, 0.5) is 0 Å². The molecule has 0 amide bonds. The van der Waals surface area contributed by atoms with Crippen LogP contribution in [0.25, 0.3) is 0 Å². The molecule has 0 aliphatic carbocycles. The maximum absolute atomic E-state index is 4.20. The summed E-state index contributed by atoms with van der Waals surface area (Å²) in [5, 5.41) is 11.8. The fourth-order valence-electron chi connectivity index (χ4n) is 2.09. The van der Waals surface area contributed by atoms with Crippen LogP contribution in [0, 0.1) is 5.92 Å². The summed E-state index contributed by atoms with van der Waals surface area (Å²) in [4.78, 5) is 2.51. The average molecular weight is 283 g/mol. The minimum Gasteiger partial charge on any atom is -0.311 e. The monoisotopic (exact) mass is 283 g/mol. The second kappa shape index (κ2) is 7.87. The lowest BCUT2D eigenvalue weighted by Crippen LogP contribution is -2.35. The van der Waals surface area contributed by atoms with Crippen LogP contribution in [0.5, 0.6) is 0 Å². The van der Waals surface area contributed by atoms with E-state index in [0.717, 1.165) is 31.9 Å². The van der Waals surface area contributed by atoms with Gasteiger partial charge < -0.3 is 5.32 Å². The molecule has 1 fully saturated rings. The molecule has 1 saturated heterocycles. The van der Waals surface area contributed by atoms with Gasteiger partial charge >= 0.3 is 0 Å². The topological polar surface area (TPSA) is 46.0 Å². The first kappa shape index (κ1) is 14.8. The number of nitrogens with zero attached hydrogens (tertiary/aromatic N) is 4. The summed E-state index contributed by atoms with van der Waals surface area (Å²) < 4.78 is 1.97. The maximum atomic E-state index is 4.20. The van der Waals surface area contributed by atoms with E-state index >= 15 is 0 Å². The largest absolute Gasteiger partial charge is 0.311 e. The number of rotatable bonds is 7. The molecule has 108 valence electrons. The Morgan fingerprint density at radius 1 is 1.32 bits per heavy atom. The zero-order valence-corrected chi connectivity index (χ0v) is 12.8. The highest BCUT2D eigenvalue weighted by molar-refractivity contribution is 7.99. The molecule has 0 bridgehead atoms. The minimum absolute atomic E-state index is 0.673. The Morgan fingerprint density at radius 2 is 2.11 bits per heavy atom. The van der Waals surface area contributed by atoms with Gasteiger partial charge in [-0.25, -0.2) is 0 Å². The Labute approximate surface area is 120 Å². The quantitative estimate of drug-likeness (QED) is 0.811. The van der Waals surface area contributed by atoms with Gasteiger partial charge in [-0.1, -0.05) is 19.1 Å². The van der Waals surface area contributed by atoms with Gasteiger partial charge in [-0.15, -0.1) is 5.10 Å². The summed E-state index contributed by atoms with van der Waals surface area (Å²) in [6.45, 7) is 10.7. The van der Waals surface area contributed by atoms with E-state index in [1.54, 1.807) is 0 Å². The lowest BCUT2D eigenvalue weighted by Gasteiger charge is -2.25. The maximum Gasteiger partial charge on any atom is 0.0964 e. The number of thioether (sulfide) groups is 1. The molecule has 0 unspecified atom stereocenters. The number of aromatic nitrogens is 3. The van der Waals surface area contributed by atoms with Gasteiger partial charge in [0.25, 0.3) is 0 Å². The Balaban J connectivity index is 1.68. The van der Waals surface area contributed by atoms with E-state index in [1.165, 1.54) is 24.6 Å². The van der Waals surface area contributed by atoms with Crippen molar-refractivity contribution in [1.29, 1.82) is 0 Å². The van der Waals surface area contributed by atoms with Crippen LogP contribution in [-0.4, -0.2) is 57.6 Å². The van der Waals surface area contributed by atoms with Crippen LogP contribution in [0.2, 0.25) is 0 Å². The summed E-state index contributed by atoms with van der Waals surface area (Å²) in [5.74, 6) is 3.20. The molecule has 1 aliphatic rings. The van der Waals surface area contributed by atoms with Gasteiger partial charge in [0.15, 0.2) is 0 Å². The van der Waals surface area contributed by atoms with Crippen LogP contribution >= 0.6 is 11.8 Å². The van der Waals surface area contributed by atoms with Crippen LogP contribution in [0.3, 0.4) is 0 Å². The van der Waals surface area contributed by atoms with Gasteiger partial charge in [-0.05, 0) is 12.5 Å². The summed E-state index contributed by atoms with van der Waals surface area (Å²) in [6, 6.07) is 0. The van der Waals surface area contributed by atoms with Gasteiger partial charge in [0, 0.05) is 43.9 Å². The van der Waals surface area contributed by atoms with Crippen molar-refractivity contribution in [3.8, 4) is 0 Å². The van der Waals surface area contributed by atoms with Crippen molar-refractivity contribution in [1.82, 2.24) is 25.2 Å². The lowest BCUT2D eigenvalue weighted by molar-refractivity contribution is 0.283. The predicted molar refractivity (Wildman–Crippen MR) is 80.3 cm³/mol. The number of hydrogen-bond donors (Lipinski definition) is 1. The van der Waals surface area contributed by atoms with Crippen LogP contribution in [-0.2, 0) is 13.1 Å². The molecule has 1 N–H and O–H groups in total. The molecule has 0 spiro atoms. The first-order valence-electron chi connectivity index (χ1n) is 7.14. The van der Waals surface area contributed by atoms with Crippen molar-refractivity contribution in [2.24, 2.45) is 5.92 Å². The summed E-state index contributed by atoms with van der Waals surface area (Å²) in [7, 11) is 0. The second-order valence-corrected chi connectivity index (χ2v) is 6.68. The van der Waals surface area contributed by atoms with Crippen molar-refractivity contribution in [2.75, 3.05) is 37.7 Å². The lowest BCUT2D eigenvalue weighted by atomic mass is 10.2. The van der Waals surface area contributed by atoms with E-state index < -0.39 is 0 Å². The molecule has 0 atom stereocenters. The smallest absolute Gasteiger partial charge is 0.0964 e. The van der Waals surface area contributed by atoms with E-state index in [1.807, 2.05) is 4.68 Å².